The van der Waals surface area contributed by atoms with E-state index < -0.39 is 0 Å². The van der Waals surface area contributed by atoms with Crippen LogP contribution in [0.2, 0.25) is 0 Å². The molecule has 0 unspecified atom stereocenters. The maximum atomic E-state index is 12.7. The lowest BCUT2D eigenvalue weighted by atomic mass is 9.96. The number of fused-ring (bicyclic) bond motifs is 1. The van der Waals surface area contributed by atoms with Crippen molar-refractivity contribution in [3.8, 4) is 0 Å². The summed E-state index contributed by atoms with van der Waals surface area (Å²) in [5, 5.41) is 3.05. The Kier molecular flexibility index (Phi) is 6.07. The lowest BCUT2D eigenvalue weighted by Crippen LogP contribution is -2.41. The zero-order valence-corrected chi connectivity index (χ0v) is 18.9. The number of para-hydroxylation sites is 2. The molecule has 0 bridgehead atoms. The molecule has 1 aliphatic rings. The molecule has 5 rings (SSSR count). The average Bonchev–Trinajstić information content (AvgIpc) is 3.23. The topological polar surface area (TPSA) is 63.1 Å². The maximum Gasteiger partial charge on any atom is 0.223 e. The normalized spacial score (nSPS) is 14.5. The fourth-order valence-corrected chi connectivity index (χ4v) is 4.58. The summed E-state index contributed by atoms with van der Waals surface area (Å²) in [6.07, 6.45) is 3.40. The number of nitrogens with one attached hydrogen (secondary N) is 1. The molecule has 0 saturated carbocycles. The lowest BCUT2D eigenvalue weighted by Gasteiger charge is -2.32. The fourth-order valence-electron chi connectivity index (χ4n) is 4.58. The Balaban J connectivity index is 1.30. The van der Waals surface area contributed by atoms with Crippen LogP contribution in [0.25, 0.3) is 11.0 Å². The summed E-state index contributed by atoms with van der Waals surface area (Å²) >= 11 is 0. The van der Waals surface area contributed by atoms with Gasteiger partial charge in [0.15, 0.2) is 0 Å². The molecule has 33 heavy (non-hydrogen) atoms. The molecular weight excluding hydrogens is 410 g/mol. The van der Waals surface area contributed by atoms with Gasteiger partial charge in [-0.3, -0.25) is 9.78 Å². The van der Waals surface area contributed by atoms with Crippen molar-refractivity contribution in [3.63, 3.8) is 0 Å². The third kappa shape index (κ3) is 4.60. The Labute approximate surface area is 194 Å². The van der Waals surface area contributed by atoms with Crippen molar-refractivity contribution in [3.05, 3.63) is 89.7 Å². The number of hydrogen-bond acceptors (Lipinski definition) is 4. The number of amides is 1. The summed E-state index contributed by atoms with van der Waals surface area (Å²) < 4.78 is 2.32. The van der Waals surface area contributed by atoms with Gasteiger partial charge in [-0.15, -0.1) is 0 Å². The van der Waals surface area contributed by atoms with E-state index in [1.54, 1.807) is 6.20 Å². The molecule has 3 heterocycles. The van der Waals surface area contributed by atoms with Crippen LogP contribution in [0, 0.1) is 12.8 Å². The highest BCUT2D eigenvalue weighted by Crippen LogP contribution is 2.28. The number of aryl methyl sites for hydroxylation is 1. The molecule has 1 aliphatic heterocycles. The number of benzene rings is 2. The van der Waals surface area contributed by atoms with Gasteiger partial charge in [0.05, 0.1) is 29.8 Å². The van der Waals surface area contributed by atoms with Crippen LogP contribution in [0.15, 0.2) is 72.9 Å². The number of pyridine rings is 1. The van der Waals surface area contributed by atoms with E-state index in [2.05, 4.69) is 69.2 Å². The van der Waals surface area contributed by atoms with Crippen molar-refractivity contribution < 1.29 is 4.79 Å². The van der Waals surface area contributed by atoms with Crippen LogP contribution in [0.4, 0.5) is 5.95 Å². The lowest BCUT2D eigenvalue weighted by molar-refractivity contribution is -0.125. The Hall–Kier alpha value is -3.67. The van der Waals surface area contributed by atoms with Crippen LogP contribution in [0.5, 0.6) is 0 Å². The third-order valence-electron chi connectivity index (χ3n) is 6.54. The smallest absolute Gasteiger partial charge is 0.223 e. The Bertz CT molecular complexity index is 1240. The molecule has 0 aliphatic carbocycles. The Morgan fingerprint density at radius 1 is 1.00 bits per heavy atom. The van der Waals surface area contributed by atoms with Crippen molar-refractivity contribution in [2.24, 2.45) is 5.92 Å². The van der Waals surface area contributed by atoms with Gasteiger partial charge in [-0.2, -0.15) is 0 Å². The molecular formula is C27H29N5O. The second kappa shape index (κ2) is 9.45. The molecule has 0 spiro atoms. The third-order valence-corrected chi connectivity index (χ3v) is 6.54. The molecule has 2 aromatic carbocycles. The second-order valence-corrected chi connectivity index (χ2v) is 8.71. The minimum absolute atomic E-state index is 0.0270. The summed E-state index contributed by atoms with van der Waals surface area (Å²) in [6.45, 7) is 5.06. The molecule has 1 fully saturated rings. The number of piperidine rings is 1. The van der Waals surface area contributed by atoms with Crippen LogP contribution in [0.1, 0.15) is 29.7 Å². The predicted molar refractivity (Wildman–Crippen MR) is 131 cm³/mol. The first-order valence-corrected chi connectivity index (χ1v) is 11.6. The van der Waals surface area contributed by atoms with Crippen LogP contribution in [-0.4, -0.2) is 33.5 Å². The number of rotatable bonds is 6. The highest BCUT2D eigenvalue weighted by atomic mass is 16.1. The predicted octanol–water partition coefficient (Wildman–Crippen LogP) is 4.32. The van der Waals surface area contributed by atoms with Gasteiger partial charge in [-0.25, -0.2) is 4.98 Å². The fraction of sp³-hybridized carbons (Fsp3) is 0.296. The van der Waals surface area contributed by atoms with Crippen LogP contribution >= 0.6 is 0 Å². The van der Waals surface area contributed by atoms with Crippen LogP contribution < -0.4 is 10.2 Å². The van der Waals surface area contributed by atoms with Gasteiger partial charge >= 0.3 is 0 Å². The van der Waals surface area contributed by atoms with E-state index in [0.717, 1.165) is 55.2 Å². The van der Waals surface area contributed by atoms with Crippen molar-refractivity contribution in [1.29, 1.82) is 0 Å². The van der Waals surface area contributed by atoms with Crippen molar-refractivity contribution in [1.82, 2.24) is 19.9 Å². The highest BCUT2D eigenvalue weighted by molar-refractivity contribution is 5.80. The quantitative estimate of drug-likeness (QED) is 0.486. The van der Waals surface area contributed by atoms with Crippen LogP contribution in [0.3, 0.4) is 0 Å². The number of nitrogens with zero attached hydrogens (tertiary/aromatic N) is 4. The van der Waals surface area contributed by atoms with Gasteiger partial charge < -0.3 is 14.8 Å². The van der Waals surface area contributed by atoms with E-state index in [-0.39, 0.29) is 11.8 Å². The zero-order chi connectivity index (χ0) is 22.6. The van der Waals surface area contributed by atoms with E-state index in [1.165, 1.54) is 11.1 Å². The average molecular weight is 440 g/mol. The van der Waals surface area contributed by atoms with Gasteiger partial charge in [0.1, 0.15) is 0 Å². The Morgan fingerprint density at radius 2 is 1.76 bits per heavy atom. The number of imidazole rings is 1. The number of anilines is 1. The zero-order valence-electron chi connectivity index (χ0n) is 18.9. The molecule has 6 nitrogen and oxygen atoms in total. The SMILES string of the molecule is Cc1ccccc1Cn1c(N2CCC(C(=O)NCc3ccccn3)CC2)nc2ccccc21. The first kappa shape index (κ1) is 21.2. The second-order valence-electron chi connectivity index (χ2n) is 8.71. The van der Waals surface area contributed by atoms with Crippen molar-refractivity contribution in [2.75, 3.05) is 18.0 Å². The molecule has 0 atom stereocenters. The van der Waals surface area contributed by atoms with Gasteiger partial charge in [-0.1, -0.05) is 42.5 Å². The van der Waals surface area contributed by atoms with Gasteiger partial charge in [0.2, 0.25) is 11.9 Å². The number of carbonyl (C=O) groups excluding carboxylic acids is 1. The number of carbonyl (C=O) groups is 1. The summed E-state index contributed by atoms with van der Waals surface area (Å²) in [7, 11) is 0. The largest absolute Gasteiger partial charge is 0.350 e. The summed E-state index contributed by atoms with van der Waals surface area (Å²) in [4.78, 5) is 24.3. The first-order chi connectivity index (χ1) is 16.2. The van der Waals surface area contributed by atoms with Crippen molar-refractivity contribution >= 4 is 22.9 Å². The molecule has 1 amide bonds. The molecule has 6 heteroatoms. The minimum atomic E-state index is 0.0270. The summed E-state index contributed by atoms with van der Waals surface area (Å²) in [6, 6.07) is 22.6. The molecule has 1 N–H and O–H groups in total. The standard InChI is InChI=1S/C27H29N5O/c1-20-8-2-3-9-22(20)19-32-25-12-5-4-11-24(25)30-27(32)31-16-13-21(14-17-31)26(33)29-18-23-10-6-7-15-28-23/h2-12,15,21H,13-14,16-19H2,1H3,(H,29,33). The maximum absolute atomic E-state index is 12.7. The minimum Gasteiger partial charge on any atom is -0.350 e. The molecule has 2 aromatic heterocycles. The summed E-state index contributed by atoms with van der Waals surface area (Å²) in [5.74, 6) is 1.14. The van der Waals surface area contributed by atoms with Gasteiger partial charge in [0.25, 0.3) is 0 Å². The van der Waals surface area contributed by atoms with E-state index in [0.29, 0.717) is 6.54 Å². The molecule has 4 aromatic rings. The van der Waals surface area contributed by atoms with Crippen molar-refractivity contribution in [2.45, 2.75) is 32.9 Å². The van der Waals surface area contributed by atoms with E-state index in [4.69, 9.17) is 4.98 Å². The van der Waals surface area contributed by atoms with Crippen LogP contribution in [-0.2, 0) is 17.9 Å². The monoisotopic (exact) mass is 439 g/mol. The summed E-state index contributed by atoms with van der Waals surface area (Å²) in [5.41, 5.74) is 5.62. The van der Waals surface area contributed by atoms with E-state index in [9.17, 15) is 4.79 Å². The van der Waals surface area contributed by atoms with Gasteiger partial charge in [0, 0.05) is 25.2 Å². The van der Waals surface area contributed by atoms with E-state index >= 15 is 0 Å². The Morgan fingerprint density at radius 3 is 2.55 bits per heavy atom. The number of hydrogen-bond donors (Lipinski definition) is 1. The number of aromatic nitrogens is 3. The van der Waals surface area contributed by atoms with E-state index in [1.807, 2.05) is 24.3 Å². The molecule has 1 saturated heterocycles. The highest BCUT2D eigenvalue weighted by Gasteiger charge is 2.27. The molecule has 0 radical (unpaired) electrons. The van der Waals surface area contributed by atoms with Gasteiger partial charge in [-0.05, 0) is 55.2 Å². The molecule has 168 valence electrons. The first-order valence-electron chi connectivity index (χ1n) is 11.6.